The second kappa shape index (κ2) is 8.08. The van der Waals surface area contributed by atoms with Crippen LogP contribution in [0.3, 0.4) is 0 Å². The Bertz CT molecular complexity index is 1190. The van der Waals surface area contributed by atoms with Crippen molar-refractivity contribution < 1.29 is 19.4 Å². The summed E-state index contributed by atoms with van der Waals surface area (Å²) in [7, 11) is 0. The lowest BCUT2D eigenvalue weighted by Crippen LogP contribution is -2.39. The first-order chi connectivity index (χ1) is 14.5. The number of carbonyl (C=O) groups excluding carboxylic acids is 2. The number of aliphatic hydroxyl groups is 1. The van der Waals surface area contributed by atoms with Crippen LogP contribution in [-0.4, -0.2) is 46.0 Å². The highest BCUT2D eigenvalue weighted by Crippen LogP contribution is 2.31. The molecule has 1 aromatic heterocycles. The summed E-state index contributed by atoms with van der Waals surface area (Å²) >= 11 is 0. The molecule has 1 atom stereocenters. The third kappa shape index (κ3) is 3.46. The molecule has 8 heteroatoms. The number of ether oxygens (including phenoxy) is 1. The number of anilines is 1. The summed E-state index contributed by atoms with van der Waals surface area (Å²) in [6, 6.07) is 14.2. The van der Waals surface area contributed by atoms with Gasteiger partial charge >= 0.3 is 5.97 Å². The molecule has 4 rings (SSSR count). The molecular formula is C22H21N3O5. The van der Waals surface area contributed by atoms with Crippen molar-refractivity contribution in [3.05, 3.63) is 70.1 Å². The molecule has 30 heavy (non-hydrogen) atoms. The van der Waals surface area contributed by atoms with Crippen molar-refractivity contribution in [2.45, 2.75) is 25.9 Å². The normalized spacial score (nSPS) is 15.3. The van der Waals surface area contributed by atoms with Crippen LogP contribution in [0, 0.1) is 0 Å². The number of nitrogens with zero attached hydrogens (tertiary/aromatic N) is 3. The van der Waals surface area contributed by atoms with Gasteiger partial charge in [0.05, 0.1) is 18.5 Å². The molecule has 1 aliphatic heterocycles. The fraction of sp³-hybridized carbons (Fsp3) is 0.273. The van der Waals surface area contributed by atoms with E-state index in [0.717, 1.165) is 22.4 Å². The standard InChI is InChI=1S/C22H21N3O5/c1-14-12-15-6-2-5-9-18(15)25(14)19(27)13-30-22(29)20-16-7-3-4-8-17(16)21(28)24(23-20)10-11-26/h2-9,14,26H,10-13H2,1H3/t14-/m0/s1. The number of aliphatic hydroxyl groups excluding tert-OH is 1. The van der Waals surface area contributed by atoms with E-state index in [1.807, 2.05) is 31.2 Å². The maximum atomic E-state index is 12.8. The van der Waals surface area contributed by atoms with Gasteiger partial charge in [-0.2, -0.15) is 5.10 Å². The zero-order valence-corrected chi connectivity index (χ0v) is 16.4. The Morgan fingerprint density at radius 2 is 1.83 bits per heavy atom. The Morgan fingerprint density at radius 1 is 1.13 bits per heavy atom. The minimum absolute atomic E-state index is 0.0287. The number of fused-ring (bicyclic) bond motifs is 2. The van der Waals surface area contributed by atoms with Crippen LogP contribution in [0.15, 0.2) is 53.3 Å². The van der Waals surface area contributed by atoms with Crippen molar-refractivity contribution in [2.75, 3.05) is 18.1 Å². The summed E-state index contributed by atoms with van der Waals surface area (Å²) in [4.78, 5) is 39.6. The number of esters is 1. The summed E-state index contributed by atoms with van der Waals surface area (Å²) in [6.07, 6.45) is 0.744. The fourth-order valence-corrected chi connectivity index (χ4v) is 3.84. The van der Waals surface area contributed by atoms with E-state index >= 15 is 0 Å². The van der Waals surface area contributed by atoms with Gasteiger partial charge in [-0.3, -0.25) is 9.59 Å². The summed E-state index contributed by atoms with van der Waals surface area (Å²) in [6.45, 7) is 1.15. The van der Waals surface area contributed by atoms with E-state index in [-0.39, 0.29) is 30.8 Å². The van der Waals surface area contributed by atoms with E-state index in [2.05, 4.69) is 5.10 Å². The molecule has 0 fully saturated rings. The lowest BCUT2D eigenvalue weighted by molar-refractivity contribution is -0.122. The van der Waals surface area contributed by atoms with Crippen molar-refractivity contribution in [1.82, 2.24) is 9.78 Å². The largest absolute Gasteiger partial charge is 0.451 e. The Kier molecular flexibility index (Phi) is 5.33. The van der Waals surface area contributed by atoms with Gasteiger partial charge in [-0.15, -0.1) is 0 Å². The first-order valence-electron chi connectivity index (χ1n) is 9.69. The molecule has 8 nitrogen and oxygen atoms in total. The van der Waals surface area contributed by atoms with Crippen LogP contribution in [0.4, 0.5) is 5.69 Å². The van der Waals surface area contributed by atoms with Crippen molar-refractivity contribution >= 4 is 28.3 Å². The number of hydrogen-bond donors (Lipinski definition) is 1. The van der Waals surface area contributed by atoms with Crippen LogP contribution < -0.4 is 10.5 Å². The number of aromatic nitrogens is 2. The number of para-hydroxylation sites is 1. The van der Waals surface area contributed by atoms with Crippen LogP contribution in [0.25, 0.3) is 10.8 Å². The van der Waals surface area contributed by atoms with Crippen LogP contribution >= 0.6 is 0 Å². The molecule has 0 spiro atoms. The Hall–Kier alpha value is -3.52. The quantitative estimate of drug-likeness (QED) is 0.644. The fourth-order valence-electron chi connectivity index (χ4n) is 3.84. The molecule has 154 valence electrons. The van der Waals surface area contributed by atoms with Gasteiger partial charge < -0.3 is 14.7 Å². The minimum Gasteiger partial charge on any atom is -0.451 e. The van der Waals surface area contributed by atoms with Crippen molar-refractivity contribution in [3.8, 4) is 0 Å². The van der Waals surface area contributed by atoms with E-state index in [1.54, 1.807) is 29.2 Å². The number of rotatable bonds is 5. The summed E-state index contributed by atoms with van der Waals surface area (Å²) < 4.78 is 6.30. The first kappa shape index (κ1) is 19.8. The SMILES string of the molecule is C[C@H]1Cc2ccccc2N1C(=O)COC(=O)c1nn(CCO)c(=O)c2ccccc12. The molecule has 0 unspecified atom stereocenters. The monoisotopic (exact) mass is 407 g/mol. The Balaban J connectivity index is 1.58. The van der Waals surface area contributed by atoms with Gasteiger partial charge in [0.2, 0.25) is 0 Å². The number of carbonyl (C=O) groups is 2. The number of amides is 1. The molecule has 0 saturated carbocycles. The van der Waals surface area contributed by atoms with Crippen molar-refractivity contribution in [3.63, 3.8) is 0 Å². The van der Waals surface area contributed by atoms with E-state index in [4.69, 9.17) is 4.74 Å². The van der Waals surface area contributed by atoms with Crippen LogP contribution in [0.1, 0.15) is 23.0 Å². The molecule has 0 radical (unpaired) electrons. The third-order valence-corrected chi connectivity index (χ3v) is 5.18. The maximum Gasteiger partial charge on any atom is 0.359 e. The third-order valence-electron chi connectivity index (χ3n) is 5.18. The molecular weight excluding hydrogens is 386 g/mol. The van der Waals surface area contributed by atoms with Gasteiger partial charge in [0.25, 0.3) is 11.5 Å². The second-order valence-corrected chi connectivity index (χ2v) is 7.17. The predicted octanol–water partition coefficient (Wildman–Crippen LogP) is 1.52. The Labute approximate surface area is 172 Å². The molecule has 1 amide bonds. The van der Waals surface area contributed by atoms with Crippen LogP contribution in [-0.2, 0) is 22.5 Å². The molecule has 0 saturated heterocycles. The van der Waals surface area contributed by atoms with Gasteiger partial charge in [0.15, 0.2) is 12.3 Å². The Morgan fingerprint density at radius 3 is 2.60 bits per heavy atom. The molecule has 2 aromatic carbocycles. The number of benzene rings is 2. The topological polar surface area (TPSA) is 102 Å². The average Bonchev–Trinajstić information content (AvgIpc) is 3.09. The summed E-state index contributed by atoms with van der Waals surface area (Å²) in [5, 5.41) is 13.9. The van der Waals surface area contributed by atoms with Gasteiger partial charge in [-0.25, -0.2) is 9.48 Å². The lowest BCUT2D eigenvalue weighted by atomic mass is 10.1. The highest BCUT2D eigenvalue weighted by Gasteiger charge is 2.31. The van der Waals surface area contributed by atoms with Gasteiger partial charge in [-0.1, -0.05) is 36.4 Å². The average molecular weight is 407 g/mol. The highest BCUT2D eigenvalue weighted by molar-refractivity contribution is 6.04. The van der Waals surface area contributed by atoms with E-state index in [0.29, 0.717) is 10.8 Å². The molecule has 3 aromatic rings. The van der Waals surface area contributed by atoms with Gasteiger partial charge in [0.1, 0.15) is 0 Å². The second-order valence-electron chi connectivity index (χ2n) is 7.17. The highest BCUT2D eigenvalue weighted by atomic mass is 16.5. The van der Waals surface area contributed by atoms with Crippen LogP contribution in [0.2, 0.25) is 0 Å². The van der Waals surface area contributed by atoms with Crippen LogP contribution in [0.5, 0.6) is 0 Å². The van der Waals surface area contributed by atoms with E-state index < -0.39 is 18.1 Å². The maximum absolute atomic E-state index is 12.8. The zero-order valence-electron chi connectivity index (χ0n) is 16.4. The van der Waals surface area contributed by atoms with Crippen molar-refractivity contribution in [2.24, 2.45) is 0 Å². The van der Waals surface area contributed by atoms with E-state index in [1.165, 1.54) is 0 Å². The summed E-state index contributed by atoms with van der Waals surface area (Å²) in [5.41, 5.74) is 1.43. The van der Waals surface area contributed by atoms with E-state index in [9.17, 15) is 19.5 Å². The zero-order chi connectivity index (χ0) is 21.3. The van der Waals surface area contributed by atoms with Gasteiger partial charge in [-0.05, 0) is 31.0 Å². The molecule has 0 bridgehead atoms. The van der Waals surface area contributed by atoms with Gasteiger partial charge in [0, 0.05) is 17.1 Å². The molecule has 1 N–H and O–H groups in total. The molecule has 2 heterocycles. The molecule has 0 aliphatic carbocycles. The smallest absolute Gasteiger partial charge is 0.359 e. The predicted molar refractivity (Wildman–Crippen MR) is 110 cm³/mol. The molecule has 1 aliphatic rings. The lowest BCUT2D eigenvalue weighted by Gasteiger charge is -2.22. The summed E-state index contributed by atoms with van der Waals surface area (Å²) in [5.74, 6) is -1.12. The van der Waals surface area contributed by atoms with Crippen molar-refractivity contribution in [1.29, 1.82) is 0 Å². The number of hydrogen-bond acceptors (Lipinski definition) is 6. The first-order valence-corrected chi connectivity index (χ1v) is 9.69. The minimum atomic E-state index is -0.800.